The predicted molar refractivity (Wildman–Crippen MR) is 73.5 cm³/mol. The minimum absolute atomic E-state index is 0.0485. The minimum atomic E-state index is -0.642. The Bertz CT molecular complexity index is 537. The summed E-state index contributed by atoms with van der Waals surface area (Å²) < 4.78 is 4.72. The van der Waals surface area contributed by atoms with Gasteiger partial charge in [-0.15, -0.1) is 0 Å². The Morgan fingerprint density at radius 2 is 2.11 bits per heavy atom. The molecule has 0 aromatic heterocycles. The zero-order chi connectivity index (χ0) is 14.2. The van der Waals surface area contributed by atoms with Crippen molar-refractivity contribution in [3.05, 3.63) is 23.8 Å². The first-order chi connectivity index (χ1) is 8.91. The van der Waals surface area contributed by atoms with Crippen LogP contribution in [0.2, 0.25) is 0 Å². The highest BCUT2D eigenvalue weighted by Gasteiger charge is 2.39. The van der Waals surface area contributed by atoms with E-state index in [9.17, 15) is 9.59 Å². The fourth-order valence-corrected chi connectivity index (χ4v) is 2.37. The Labute approximate surface area is 112 Å². The van der Waals surface area contributed by atoms with E-state index >= 15 is 0 Å². The molecular formula is C14H18N2O3. The molecule has 1 aliphatic heterocycles. The van der Waals surface area contributed by atoms with Crippen molar-refractivity contribution in [3.8, 4) is 0 Å². The van der Waals surface area contributed by atoms with Crippen LogP contribution in [0.15, 0.2) is 18.2 Å². The zero-order valence-electron chi connectivity index (χ0n) is 11.6. The maximum absolute atomic E-state index is 12.1. The normalized spacial score (nSPS) is 16.6. The quantitative estimate of drug-likeness (QED) is 0.828. The number of amides is 1. The van der Waals surface area contributed by atoms with Gasteiger partial charge in [0.1, 0.15) is 5.54 Å². The average Bonchev–Trinajstić information content (AvgIpc) is 2.38. The van der Waals surface area contributed by atoms with Crippen molar-refractivity contribution in [2.24, 2.45) is 0 Å². The summed E-state index contributed by atoms with van der Waals surface area (Å²) in [6, 6.07) is 5.14. The third kappa shape index (κ3) is 2.05. The molecule has 5 heteroatoms. The molecule has 0 atom stereocenters. The van der Waals surface area contributed by atoms with E-state index in [2.05, 4.69) is 5.32 Å². The van der Waals surface area contributed by atoms with Crippen molar-refractivity contribution in [3.63, 3.8) is 0 Å². The number of esters is 1. The van der Waals surface area contributed by atoms with Crippen LogP contribution in [0.5, 0.6) is 0 Å². The summed E-state index contributed by atoms with van der Waals surface area (Å²) in [5, 5.41) is 2.87. The van der Waals surface area contributed by atoms with Crippen molar-refractivity contribution in [1.82, 2.24) is 0 Å². The van der Waals surface area contributed by atoms with E-state index in [1.54, 1.807) is 18.2 Å². The highest BCUT2D eigenvalue weighted by atomic mass is 16.5. The van der Waals surface area contributed by atoms with Gasteiger partial charge in [0.15, 0.2) is 0 Å². The highest BCUT2D eigenvalue weighted by Crippen LogP contribution is 2.37. The summed E-state index contributed by atoms with van der Waals surface area (Å²) >= 11 is 0. The summed E-state index contributed by atoms with van der Waals surface area (Å²) in [6.07, 6.45) is 0. The van der Waals surface area contributed by atoms with Gasteiger partial charge in [-0.25, -0.2) is 4.79 Å². The van der Waals surface area contributed by atoms with E-state index in [1.807, 2.05) is 25.7 Å². The predicted octanol–water partition coefficient (Wildman–Crippen LogP) is 2.03. The smallest absolute Gasteiger partial charge is 0.337 e. The molecule has 0 saturated heterocycles. The number of methoxy groups -OCH3 is 1. The summed E-state index contributed by atoms with van der Waals surface area (Å²) in [5.41, 5.74) is 1.40. The Balaban J connectivity index is 2.54. The van der Waals surface area contributed by atoms with E-state index < -0.39 is 5.54 Å². The second-order valence-corrected chi connectivity index (χ2v) is 4.98. The molecule has 1 aromatic carbocycles. The van der Waals surface area contributed by atoms with Gasteiger partial charge in [0.2, 0.25) is 5.91 Å². The fourth-order valence-electron chi connectivity index (χ4n) is 2.37. The van der Waals surface area contributed by atoms with Gasteiger partial charge in [-0.05, 0) is 39.0 Å². The molecule has 1 heterocycles. The molecule has 0 aliphatic carbocycles. The SMILES string of the molecule is CCN1c2cc(C(=O)OC)ccc2NC(=O)C1(C)C. The summed E-state index contributed by atoms with van der Waals surface area (Å²) in [4.78, 5) is 25.7. The van der Waals surface area contributed by atoms with Crippen LogP contribution in [0.25, 0.3) is 0 Å². The van der Waals surface area contributed by atoms with Gasteiger partial charge >= 0.3 is 5.97 Å². The van der Waals surface area contributed by atoms with Crippen LogP contribution < -0.4 is 10.2 Å². The van der Waals surface area contributed by atoms with Gasteiger partial charge < -0.3 is 15.0 Å². The molecular weight excluding hydrogens is 244 g/mol. The van der Waals surface area contributed by atoms with Crippen molar-refractivity contribution in [2.75, 3.05) is 23.9 Å². The second-order valence-electron chi connectivity index (χ2n) is 4.98. The lowest BCUT2D eigenvalue weighted by Crippen LogP contribution is -2.56. The van der Waals surface area contributed by atoms with Gasteiger partial charge in [0.25, 0.3) is 0 Å². The number of carbonyl (C=O) groups is 2. The van der Waals surface area contributed by atoms with Crippen LogP contribution in [0.3, 0.4) is 0 Å². The number of benzene rings is 1. The third-order valence-electron chi connectivity index (χ3n) is 3.50. The molecule has 0 saturated carbocycles. The standard InChI is InChI=1S/C14H18N2O3/c1-5-16-11-8-9(12(17)19-4)6-7-10(11)15-13(18)14(16,2)3/h6-8H,5H2,1-4H3,(H,15,18). The van der Waals surface area contributed by atoms with Crippen molar-refractivity contribution in [1.29, 1.82) is 0 Å². The van der Waals surface area contributed by atoms with E-state index in [-0.39, 0.29) is 11.9 Å². The summed E-state index contributed by atoms with van der Waals surface area (Å²) in [5.74, 6) is -0.429. The number of anilines is 2. The molecule has 19 heavy (non-hydrogen) atoms. The van der Waals surface area contributed by atoms with Crippen LogP contribution in [0.4, 0.5) is 11.4 Å². The Hall–Kier alpha value is -2.04. The second kappa shape index (κ2) is 4.57. The molecule has 0 bridgehead atoms. The lowest BCUT2D eigenvalue weighted by atomic mass is 9.95. The van der Waals surface area contributed by atoms with E-state index in [1.165, 1.54) is 7.11 Å². The highest BCUT2D eigenvalue weighted by molar-refractivity contribution is 6.07. The van der Waals surface area contributed by atoms with Crippen LogP contribution in [-0.2, 0) is 9.53 Å². The van der Waals surface area contributed by atoms with E-state index in [0.717, 1.165) is 11.4 Å². The fraction of sp³-hybridized carbons (Fsp3) is 0.429. The van der Waals surface area contributed by atoms with E-state index in [0.29, 0.717) is 12.1 Å². The Kier molecular flexibility index (Phi) is 3.22. The number of nitrogens with one attached hydrogen (secondary N) is 1. The van der Waals surface area contributed by atoms with Gasteiger partial charge in [0, 0.05) is 6.54 Å². The number of hydrogen-bond donors (Lipinski definition) is 1. The van der Waals surface area contributed by atoms with Crippen LogP contribution >= 0.6 is 0 Å². The number of ether oxygens (including phenoxy) is 1. The Morgan fingerprint density at radius 3 is 2.68 bits per heavy atom. The number of hydrogen-bond acceptors (Lipinski definition) is 4. The van der Waals surface area contributed by atoms with Crippen molar-refractivity contribution in [2.45, 2.75) is 26.3 Å². The molecule has 2 rings (SSSR count). The molecule has 0 spiro atoms. The maximum atomic E-state index is 12.1. The molecule has 102 valence electrons. The molecule has 0 fully saturated rings. The number of likely N-dealkylation sites (N-methyl/N-ethyl adjacent to an activating group) is 1. The zero-order valence-corrected chi connectivity index (χ0v) is 11.6. The summed E-state index contributed by atoms with van der Waals surface area (Å²) in [6.45, 7) is 6.38. The van der Waals surface area contributed by atoms with E-state index in [4.69, 9.17) is 4.74 Å². The molecule has 1 aromatic rings. The van der Waals surface area contributed by atoms with Gasteiger partial charge in [-0.3, -0.25) is 4.79 Å². The average molecular weight is 262 g/mol. The van der Waals surface area contributed by atoms with Crippen molar-refractivity contribution >= 4 is 23.3 Å². The first-order valence-corrected chi connectivity index (χ1v) is 6.23. The monoisotopic (exact) mass is 262 g/mol. The molecule has 5 nitrogen and oxygen atoms in total. The largest absolute Gasteiger partial charge is 0.465 e. The first-order valence-electron chi connectivity index (χ1n) is 6.23. The summed E-state index contributed by atoms with van der Waals surface area (Å²) in [7, 11) is 1.35. The lowest BCUT2D eigenvalue weighted by molar-refractivity contribution is -0.120. The van der Waals surface area contributed by atoms with Gasteiger partial charge in [-0.2, -0.15) is 0 Å². The maximum Gasteiger partial charge on any atom is 0.337 e. The molecule has 1 N–H and O–H groups in total. The van der Waals surface area contributed by atoms with Gasteiger partial charge in [-0.1, -0.05) is 0 Å². The number of carbonyl (C=O) groups excluding carboxylic acids is 2. The number of nitrogens with zero attached hydrogens (tertiary/aromatic N) is 1. The Morgan fingerprint density at radius 1 is 1.42 bits per heavy atom. The molecule has 1 amide bonds. The molecule has 1 aliphatic rings. The minimum Gasteiger partial charge on any atom is -0.465 e. The molecule has 0 radical (unpaired) electrons. The molecule has 0 unspecified atom stereocenters. The lowest BCUT2D eigenvalue weighted by Gasteiger charge is -2.43. The third-order valence-corrected chi connectivity index (χ3v) is 3.50. The van der Waals surface area contributed by atoms with Crippen LogP contribution in [0, 0.1) is 0 Å². The van der Waals surface area contributed by atoms with Crippen LogP contribution in [0.1, 0.15) is 31.1 Å². The van der Waals surface area contributed by atoms with Crippen LogP contribution in [-0.4, -0.2) is 31.1 Å². The number of fused-ring (bicyclic) bond motifs is 1. The topological polar surface area (TPSA) is 58.6 Å². The van der Waals surface area contributed by atoms with Crippen molar-refractivity contribution < 1.29 is 14.3 Å². The van der Waals surface area contributed by atoms with Gasteiger partial charge in [0.05, 0.1) is 24.0 Å². The first kappa shape index (κ1) is 13.4. The number of rotatable bonds is 2.